The van der Waals surface area contributed by atoms with Gasteiger partial charge in [-0.25, -0.2) is 0 Å². The van der Waals surface area contributed by atoms with Gasteiger partial charge in [0, 0.05) is 40.1 Å². The SMILES string of the molecule is C=C/C(C)=C\C=C(/C)N(C1=CC=C(C)CC1)c1cc(C(C)C2=CC=CCC2)cc2c1[B]c1cc(C)ccc1N2c1ccc(C)cc1. The Hall–Kier alpha value is -4.50. The van der Waals surface area contributed by atoms with Crippen molar-refractivity contribution in [3.8, 4) is 0 Å². The summed E-state index contributed by atoms with van der Waals surface area (Å²) in [6.45, 7) is 17.3. The number of fused-ring (bicyclic) bond motifs is 2. The molecule has 1 radical (unpaired) electrons. The quantitative estimate of drug-likeness (QED) is 0.146. The van der Waals surface area contributed by atoms with Gasteiger partial charge >= 0.3 is 0 Å². The molecular formula is C43H46BN2. The van der Waals surface area contributed by atoms with Crippen LogP contribution in [0.5, 0.6) is 0 Å². The summed E-state index contributed by atoms with van der Waals surface area (Å²) in [5.74, 6) is 0.296. The lowest BCUT2D eigenvalue weighted by atomic mass is 9.58. The molecule has 1 unspecified atom stereocenters. The largest absolute Gasteiger partial charge is 0.319 e. The zero-order valence-corrected chi connectivity index (χ0v) is 28.4. The molecule has 1 aliphatic heterocycles. The molecule has 6 rings (SSSR count). The number of nitrogens with zero attached hydrogens (tertiary/aromatic N) is 2. The Bertz CT molecular complexity index is 1840. The second-order valence-corrected chi connectivity index (χ2v) is 13.2. The third-order valence-corrected chi connectivity index (χ3v) is 9.64. The van der Waals surface area contributed by atoms with Crippen LogP contribution in [-0.4, -0.2) is 7.28 Å². The van der Waals surface area contributed by atoms with Gasteiger partial charge in [0.2, 0.25) is 0 Å². The molecule has 3 aromatic carbocycles. The van der Waals surface area contributed by atoms with Crippen LogP contribution in [0.1, 0.15) is 76.0 Å². The van der Waals surface area contributed by atoms with Crippen LogP contribution in [0.25, 0.3) is 0 Å². The summed E-state index contributed by atoms with van der Waals surface area (Å²) in [4.78, 5) is 5.00. The number of rotatable bonds is 8. The number of hydrogen-bond donors (Lipinski definition) is 0. The number of allylic oxidation sites excluding steroid dienone is 13. The summed E-state index contributed by atoms with van der Waals surface area (Å²) in [7, 11) is 2.42. The standard InChI is InChI=1S/C43H46BN2/c1-8-29(2)14-20-33(6)45(37-21-15-30(3)16-22-37)41-27-36(34(7)35-12-10-9-11-13-35)28-42-43(41)44-39-26-32(5)19-25-40(39)46(42)38-23-17-31(4)18-24-38/h8-10,12,14-15,17-21,23-28,34H,1,11,13,16,22H2,2-7H3/b29-14-,33-20+. The first-order valence-electron chi connectivity index (χ1n) is 16.7. The van der Waals surface area contributed by atoms with Crippen LogP contribution in [0.3, 0.4) is 0 Å². The number of anilines is 4. The average molecular weight is 602 g/mol. The van der Waals surface area contributed by atoms with E-state index in [-0.39, 0.29) is 0 Å². The fourth-order valence-electron chi connectivity index (χ4n) is 6.74. The Morgan fingerprint density at radius 1 is 0.870 bits per heavy atom. The van der Waals surface area contributed by atoms with E-state index in [1.54, 1.807) is 0 Å². The Morgan fingerprint density at radius 3 is 2.35 bits per heavy atom. The third kappa shape index (κ3) is 6.42. The van der Waals surface area contributed by atoms with Gasteiger partial charge in [-0.1, -0.05) is 108 Å². The van der Waals surface area contributed by atoms with Crippen LogP contribution in [0.2, 0.25) is 0 Å². The van der Waals surface area contributed by atoms with Gasteiger partial charge < -0.3 is 9.80 Å². The molecule has 0 fully saturated rings. The van der Waals surface area contributed by atoms with E-state index in [2.05, 4.69) is 162 Å². The lowest BCUT2D eigenvalue weighted by Gasteiger charge is -2.39. The van der Waals surface area contributed by atoms with Crippen molar-refractivity contribution in [2.75, 3.05) is 9.80 Å². The fourth-order valence-corrected chi connectivity index (χ4v) is 6.74. The highest BCUT2D eigenvalue weighted by molar-refractivity contribution is 6.73. The molecule has 0 amide bonds. The first-order chi connectivity index (χ1) is 22.2. The maximum atomic E-state index is 3.99. The Labute approximate surface area is 277 Å². The highest BCUT2D eigenvalue weighted by atomic mass is 15.2. The van der Waals surface area contributed by atoms with Crippen molar-refractivity contribution in [1.82, 2.24) is 0 Å². The van der Waals surface area contributed by atoms with Crippen LogP contribution in [0.4, 0.5) is 22.7 Å². The maximum Gasteiger partial charge on any atom is 0.199 e. The predicted octanol–water partition coefficient (Wildman–Crippen LogP) is 10.6. The van der Waals surface area contributed by atoms with E-state index in [9.17, 15) is 0 Å². The summed E-state index contributed by atoms with van der Waals surface area (Å²) in [6.07, 6.45) is 22.1. The molecule has 1 atom stereocenters. The minimum absolute atomic E-state index is 0.296. The summed E-state index contributed by atoms with van der Waals surface area (Å²) < 4.78 is 0. The maximum absolute atomic E-state index is 3.99. The van der Waals surface area contributed by atoms with Crippen molar-refractivity contribution in [1.29, 1.82) is 0 Å². The molecule has 46 heavy (non-hydrogen) atoms. The monoisotopic (exact) mass is 601 g/mol. The first kappa shape index (κ1) is 31.5. The van der Waals surface area contributed by atoms with Crippen molar-refractivity contribution < 1.29 is 0 Å². The second kappa shape index (κ2) is 13.5. The molecule has 2 aliphatic carbocycles. The van der Waals surface area contributed by atoms with Gasteiger partial charge in [-0.3, -0.25) is 0 Å². The molecule has 231 valence electrons. The van der Waals surface area contributed by atoms with Gasteiger partial charge in [0.25, 0.3) is 0 Å². The highest BCUT2D eigenvalue weighted by Gasteiger charge is 2.31. The molecule has 2 nitrogen and oxygen atoms in total. The summed E-state index contributed by atoms with van der Waals surface area (Å²) in [5, 5.41) is 0. The van der Waals surface area contributed by atoms with E-state index in [0.717, 1.165) is 31.3 Å². The van der Waals surface area contributed by atoms with Crippen molar-refractivity contribution in [3.63, 3.8) is 0 Å². The lowest BCUT2D eigenvalue weighted by molar-refractivity contribution is 0.798. The molecular weight excluding hydrogens is 555 g/mol. The number of hydrogen-bond acceptors (Lipinski definition) is 2. The first-order valence-corrected chi connectivity index (χ1v) is 16.7. The van der Waals surface area contributed by atoms with Gasteiger partial charge in [-0.05, 0) is 114 Å². The van der Waals surface area contributed by atoms with Gasteiger partial charge in [-0.15, -0.1) is 0 Å². The molecule has 0 bridgehead atoms. The third-order valence-electron chi connectivity index (χ3n) is 9.64. The summed E-state index contributed by atoms with van der Waals surface area (Å²) in [6, 6.07) is 20.8. The minimum atomic E-state index is 0.296. The topological polar surface area (TPSA) is 6.48 Å². The van der Waals surface area contributed by atoms with Gasteiger partial charge in [-0.2, -0.15) is 0 Å². The molecule has 1 heterocycles. The minimum Gasteiger partial charge on any atom is -0.319 e. The Kier molecular flexibility index (Phi) is 9.22. The van der Waals surface area contributed by atoms with Gasteiger partial charge in [0.05, 0.1) is 0 Å². The van der Waals surface area contributed by atoms with Crippen LogP contribution in [0.15, 0.2) is 138 Å². The number of benzene rings is 3. The van der Waals surface area contributed by atoms with E-state index in [0.29, 0.717) is 5.92 Å². The molecule has 0 aromatic heterocycles. The van der Waals surface area contributed by atoms with Crippen molar-refractivity contribution in [2.24, 2.45) is 0 Å². The van der Waals surface area contributed by atoms with Crippen molar-refractivity contribution in [3.05, 3.63) is 155 Å². The van der Waals surface area contributed by atoms with Gasteiger partial charge in [0.1, 0.15) is 0 Å². The number of aryl methyl sites for hydroxylation is 2. The van der Waals surface area contributed by atoms with Crippen LogP contribution in [-0.2, 0) is 0 Å². The van der Waals surface area contributed by atoms with E-state index < -0.39 is 0 Å². The van der Waals surface area contributed by atoms with E-state index in [1.165, 1.54) is 72.9 Å². The smallest absolute Gasteiger partial charge is 0.199 e. The summed E-state index contributed by atoms with van der Waals surface area (Å²) >= 11 is 0. The van der Waals surface area contributed by atoms with Crippen LogP contribution >= 0.6 is 0 Å². The normalized spacial score (nSPS) is 16.8. The van der Waals surface area contributed by atoms with E-state index in [1.807, 2.05) is 6.08 Å². The van der Waals surface area contributed by atoms with Crippen LogP contribution in [0, 0.1) is 13.8 Å². The van der Waals surface area contributed by atoms with Crippen molar-refractivity contribution >= 4 is 41.0 Å². The van der Waals surface area contributed by atoms with Crippen molar-refractivity contribution in [2.45, 2.75) is 73.1 Å². The Balaban J connectivity index is 1.65. The highest BCUT2D eigenvalue weighted by Crippen LogP contribution is 2.42. The lowest BCUT2D eigenvalue weighted by Crippen LogP contribution is -2.43. The average Bonchev–Trinajstić information content (AvgIpc) is 3.07. The fraction of sp³-hybridized carbons (Fsp3) is 0.256. The molecule has 0 N–H and O–H groups in total. The zero-order chi connectivity index (χ0) is 32.4. The molecule has 0 spiro atoms. The van der Waals surface area contributed by atoms with E-state index in [4.69, 9.17) is 0 Å². The van der Waals surface area contributed by atoms with Crippen LogP contribution < -0.4 is 20.7 Å². The van der Waals surface area contributed by atoms with E-state index >= 15 is 0 Å². The second-order valence-electron chi connectivity index (χ2n) is 13.2. The van der Waals surface area contributed by atoms with Gasteiger partial charge in [0.15, 0.2) is 7.28 Å². The molecule has 3 aliphatic rings. The molecule has 0 saturated carbocycles. The predicted molar refractivity (Wildman–Crippen MR) is 202 cm³/mol. The Morgan fingerprint density at radius 2 is 1.65 bits per heavy atom. The molecule has 3 heteroatoms. The molecule has 3 aromatic rings. The molecule has 0 saturated heterocycles. The summed E-state index contributed by atoms with van der Waals surface area (Å²) in [5.41, 5.74) is 17.8. The zero-order valence-electron chi connectivity index (χ0n) is 28.4.